The zero-order chi connectivity index (χ0) is 12.9. The summed E-state index contributed by atoms with van der Waals surface area (Å²) in [5.74, 6) is 0. The Bertz CT molecular complexity index is 316. The highest BCUT2D eigenvalue weighted by molar-refractivity contribution is 7.91. The van der Waals surface area contributed by atoms with E-state index in [-0.39, 0.29) is 5.25 Å². The molecule has 4 nitrogen and oxygen atoms in total. The fraction of sp³-hybridized carbons (Fsp3) is 1.00. The van der Waals surface area contributed by atoms with Crippen molar-refractivity contribution in [2.75, 3.05) is 25.9 Å². The van der Waals surface area contributed by atoms with Gasteiger partial charge in [0.1, 0.15) is 9.84 Å². The molecule has 0 aromatic carbocycles. The molecule has 0 bridgehead atoms. The molecule has 1 saturated carbocycles. The quantitative estimate of drug-likeness (QED) is 0.776. The molecule has 0 amide bonds. The van der Waals surface area contributed by atoms with Crippen LogP contribution in [0.3, 0.4) is 0 Å². The van der Waals surface area contributed by atoms with Crippen LogP contribution in [0.2, 0.25) is 0 Å². The van der Waals surface area contributed by atoms with Crippen molar-refractivity contribution in [3.8, 4) is 0 Å². The summed E-state index contributed by atoms with van der Waals surface area (Å²) in [4.78, 5) is 2.39. The lowest BCUT2D eigenvalue weighted by Crippen LogP contribution is -2.42. The van der Waals surface area contributed by atoms with Gasteiger partial charge in [-0.2, -0.15) is 0 Å². The van der Waals surface area contributed by atoms with Crippen LogP contribution in [0.15, 0.2) is 0 Å². The molecule has 0 spiro atoms. The Balaban J connectivity index is 2.58. The Morgan fingerprint density at radius 1 is 1.35 bits per heavy atom. The van der Waals surface area contributed by atoms with Crippen molar-refractivity contribution >= 4 is 9.84 Å². The van der Waals surface area contributed by atoms with Crippen LogP contribution in [0.1, 0.15) is 39.0 Å². The second-order valence-corrected chi connectivity index (χ2v) is 7.37. The normalized spacial score (nSPS) is 26.4. The fourth-order valence-electron chi connectivity index (χ4n) is 2.73. The standard InChI is InChI=1S/C12H26N2O2S/c1-3-14(9-5-8-13)11-6-4-7-12(10-11)17(2,15)16/h11-12H,3-10,13H2,1-2H3. The van der Waals surface area contributed by atoms with E-state index in [0.717, 1.165) is 45.2 Å². The number of nitrogens with two attached hydrogens (primary N) is 1. The summed E-state index contributed by atoms with van der Waals surface area (Å²) in [5, 5.41) is -0.131. The summed E-state index contributed by atoms with van der Waals surface area (Å²) < 4.78 is 23.2. The van der Waals surface area contributed by atoms with Gasteiger partial charge in [-0.05, 0) is 45.3 Å². The smallest absolute Gasteiger partial charge is 0.150 e. The molecule has 0 saturated heterocycles. The molecule has 0 aromatic heterocycles. The molecule has 2 N–H and O–H groups in total. The number of rotatable bonds is 6. The maximum Gasteiger partial charge on any atom is 0.150 e. The molecular formula is C12H26N2O2S. The van der Waals surface area contributed by atoms with E-state index in [1.807, 2.05) is 0 Å². The molecule has 0 aliphatic heterocycles. The molecule has 0 radical (unpaired) electrons. The van der Waals surface area contributed by atoms with Crippen LogP contribution in [-0.2, 0) is 9.84 Å². The molecule has 2 atom stereocenters. The molecule has 102 valence electrons. The first-order chi connectivity index (χ1) is 7.99. The van der Waals surface area contributed by atoms with Gasteiger partial charge in [-0.3, -0.25) is 0 Å². The fourth-order valence-corrected chi connectivity index (χ4v) is 3.90. The minimum atomic E-state index is -2.87. The maximum absolute atomic E-state index is 11.6. The SMILES string of the molecule is CCN(CCCN)C1CCCC(S(C)(=O)=O)C1. The maximum atomic E-state index is 11.6. The molecule has 1 aliphatic carbocycles. The summed E-state index contributed by atoms with van der Waals surface area (Å²) in [5.41, 5.74) is 5.54. The van der Waals surface area contributed by atoms with Crippen molar-refractivity contribution in [3.05, 3.63) is 0 Å². The number of hydrogen-bond donors (Lipinski definition) is 1. The third-order valence-corrected chi connectivity index (χ3v) is 5.42. The predicted octanol–water partition coefficient (Wildman–Crippen LogP) is 1.01. The Labute approximate surface area is 105 Å². The van der Waals surface area contributed by atoms with Gasteiger partial charge in [0.15, 0.2) is 0 Å². The van der Waals surface area contributed by atoms with Gasteiger partial charge in [-0.15, -0.1) is 0 Å². The highest BCUT2D eigenvalue weighted by Crippen LogP contribution is 2.27. The molecule has 0 aromatic rings. The summed E-state index contributed by atoms with van der Waals surface area (Å²) in [6, 6.07) is 0.431. The highest BCUT2D eigenvalue weighted by Gasteiger charge is 2.31. The average Bonchev–Trinajstić information content (AvgIpc) is 2.29. The van der Waals surface area contributed by atoms with Crippen molar-refractivity contribution in [3.63, 3.8) is 0 Å². The lowest BCUT2D eigenvalue weighted by Gasteiger charge is -2.36. The largest absolute Gasteiger partial charge is 0.330 e. The lowest BCUT2D eigenvalue weighted by atomic mass is 9.93. The van der Waals surface area contributed by atoms with Gasteiger partial charge < -0.3 is 10.6 Å². The molecule has 5 heteroatoms. The monoisotopic (exact) mass is 262 g/mol. The Morgan fingerprint density at radius 3 is 2.59 bits per heavy atom. The third-order valence-electron chi connectivity index (χ3n) is 3.78. The van der Waals surface area contributed by atoms with E-state index in [1.54, 1.807) is 0 Å². The molecule has 17 heavy (non-hydrogen) atoms. The van der Waals surface area contributed by atoms with Crippen molar-refractivity contribution < 1.29 is 8.42 Å². The van der Waals surface area contributed by atoms with Crippen molar-refractivity contribution in [1.82, 2.24) is 4.90 Å². The number of nitrogens with zero attached hydrogens (tertiary/aromatic N) is 1. The van der Waals surface area contributed by atoms with Gasteiger partial charge in [0.2, 0.25) is 0 Å². The first-order valence-corrected chi connectivity index (χ1v) is 8.57. The van der Waals surface area contributed by atoms with E-state index in [0.29, 0.717) is 12.6 Å². The average molecular weight is 262 g/mol. The first kappa shape index (κ1) is 14.9. The van der Waals surface area contributed by atoms with E-state index >= 15 is 0 Å². The summed E-state index contributed by atoms with van der Waals surface area (Å²) >= 11 is 0. The molecular weight excluding hydrogens is 236 g/mol. The van der Waals surface area contributed by atoms with Gasteiger partial charge in [0, 0.05) is 12.3 Å². The highest BCUT2D eigenvalue weighted by atomic mass is 32.2. The van der Waals surface area contributed by atoms with Crippen LogP contribution in [0.5, 0.6) is 0 Å². The summed E-state index contributed by atoms with van der Waals surface area (Å²) in [7, 11) is -2.87. The van der Waals surface area contributed by atoms with Crippen LogP contribution in [0, 0.1) is 0 Å². The topological polar surface area (TPSA) is 63.4 Å². The third kappa shape index (κ3) is 4.56. The molecule has 1 aliphatic rings. The molecule has 2 unspecified atom stereocenters. The van der Waals surface area contributed by atoms with Gasteiger partial charge in [0.05, 0.1) is 5.25 Å². The van der Waals surface area contributed by atoms with Gasteiger partial charge >= 0.3 is 0 Å². The van der Waals surface area contributed by atoms with E-state index in [1.165, 1.54) is 6.26 Å². The molecule has 1 rings (SSSR count). The van der Waals surface area contributed by atoms with Crippen LogP contribution >= 0.6 is 0 Å². The zero-order valence-corrected chi connectivity index (χ0v) is 11.9. The minimum absolute atomic E-state index is 0.131. The van der Waals surface area contributed by atoms with Crippen molar-refractivity contribution in [2.45, 2.75) is 50.3 Å². The second kappa shape index (κ2) is 6.71. The van der Waals surface area contributed by atoms with Gasteiger partial charge in [-0.25, -0.2) is 8.42 Å². The molecule has 0 heterocycles. The minimum Gasteiger partial charge on any atom is -0.330 e. The van der Waals surface area contributed by atoms with Crippen molar-refractivity contribution in [1.29, 1.82) is 0 Å². The van der Waals surface area contributed by atoms with E-state index in [2.05, 4.69) is 11.8 Å². The van der Waals surface area contributed by atoms with Crippen molar-refractivity contribution in [2.24, 2.45) is 5.73 Å². The van der Waals surface area contributed by atoms with E-state index in [9.17, 15) is 8.42 Å². The summed E-state index contributed by atoms with van der Waals surface area (Å²) in [6.45, 7) is 4.83. The number of sulfone groups is 1. The first-order valence-electron chi connectivity index (χ1n) is 6.62. The Kier molecular flexibility index (Phi) is 5.89. The van der Waals surface area contributed by atoms with Gasteiger partial charge in [0.25, 0.3) is 0 Å². The summed E-state index contributed by atoms with van der Waals surface area (Å²) in [6.07, 6.45) is 6.16. The van der Waals surface area contributed by atoms with Crippen LogP contribution in [-0.4, -0.2) is 50.5 Å². The Hall–Kier alpha value is -0.130. The van der Waals surface area contributed by atoms with Crippen LogP contribution in [0.25, 0.3) is 0 Å². The molecule has 1 fully saturated rings. The van der Waals surface area contributed by atoms with Crippen LogP contribution < -0.4 is 5.73 Å². The Morgan fingerprint density at radius 2 is 2.06 bits per heavy atom. The zero-order valence-electron chi connectivity index (χ0n) is 11.1. The van der Waals surface area contributed by atoms with Gasteiger partial charge in [-0.1, -0.05) is 13.3 Å². The number of hydrogen-bond acceptors (Lipinski definition) is 4. The van der Waals surface area contributed by atoms with E-state index in [4.69, 9.17) is 5.73 Å². The lowest BCUT2D eigenvalue weighted by molar-refractivity contribution is 0.164. The van der Waals surface area contributed by atoms with Crippen LogP contribution in [0.4, 0.5) is 0 Å². The second-order valence-electron chi connectivity index (χ2n) is 5.04. The van der Waals surface area contributed by atoms with E-state index < -0.39 is 9.84 Å². The predicted molar refractivity (Wildman–Crippen MR) is 71.8 cm³/mol.